The Hall–Kier alpha value is -0.120. The van der Waals surface area contributed by atoms with Gasteiger partial charge in [0.1, 0.15) is 0 Å². The molecular formula is C11H23NO2. The van der Waals surface area contributed by atoms with E-state index in [1.807, 2.05) is 6.92 Å². The molecule has 1 fully saturated rings. The molecule has 0 amide bonds. The molecule has 0 N–H and O–H groups in total. The van der Waals surface area contributed by atoms with Crippen LogP contribution in [0.15, 0.2) is 0 Å². The van der Waals surface area contributed by atoms with Crippen molar-refractivity contribution in [2.75, 3.05) is 39.5 Å². The lowest BCUT2D eigenvalue weighted by atomic mass is 10.1. The van der Waals surface area contributed by atoms with Gasteiger partial charge in [-0.2, -0.15) is 0 Å². The van der Waals surface area contributed by atoms with Gasteiger partial charge in [0, 0.05) is 25.7 Å². The molecule has 3 nitrogen and oxygen atoms in total. The first-order chi connectivity index (χ1) is 6.88. The van der Waals surface area contributed by atoms with Crippen LogP contribution < -0.4 is 0 Å². The van der Waals surface area contributed by atoms with Crippen LogP contribution in [0.1, 0.15) is 26.7 Å². The predicted octanol–water partition coefficient (Wildman–Crippen LogP) is 1.52. The number of nitrogens with zero attached hydrogens (tertiary/aromatic N) is 1. The topological polar surface area (TPSA) is 21.7 Å². The van der Waals surface area contributed by atoms with Gasteiger partial charge in [0.25, 0.3) is 0 Å². The van der Waals surface area contributed by atoms with E-state index in [9.17, 15) is 0 Å². The number of morpholine rings is 1. The third-order valence-corrected chi connectivity index (χ3v) is 2.70. The Morgan fingerprint density at radius 2 is 2.29 bits per heavy atom. The minimum Gasteiger partial charge on any atom is -0.380 e. The molecule has 0 aromatic rings. The highest BCUT2D eigenvalue weighted by atomic mass is 16.5. The molecule has 1 aliphatic rings. The minimum absolute atomic E-state index is 0.620. The van der Waals surface area contributed by atoms with Gasteiger partial charge in [-0.15, -0.1) is 0 Å². The zero-order valence-electron chi connectivity index (χ0n) is 9.50. The first-order valence-corrected chi connectivity index (χ1v) is 5.78. The van der Waals surface area contributed by atoms with Crippen LogP contribution in [0, 0.1) is 0 Å². The van der Waals surface area contributed by atoms with Crippen LogP contribution in [0.2, 0.25) is 0 Å². The number of rotatable bonds is 6. The van der Waals surface area contributed by atoms with E-state index in [-0.39, 0.29) is 0 Å². The van der Waals surface area contributed by atoms with Crippen molar-refractivity contribution in [2.24, 2.45) is 0 Å². The Labute approximate surface area is 87.4 Å². The molecule has 3 heteroatoms. The van der Waals surface area contributed by atoms with Crippen molar-refractivity contribution in [2.45, 2.75) is 32.7 Å². The molecular weight excluding hydrogens is 178 g/mol. The highest BCUT2D eigenvalue weighted by Gasteiger charge is 2.21. The van der Waals surface area contributed by atoms with E-state index in [4.69, 9.17) is 9.47 Å². The van der Waals surface area contributed by atoms with E-state index in [0.717, 1.165) is 39.5 Å². The second kappa shape index (κ2) is 7.21. The maximum atomic E-state index is 5.49. The van der Waals surface area contributed by atoms with Crippen LogP contribution in [-0.4, -0.2) is 50.5 Å². The summed E-state index contributed by atoms with van der Waals surface area (Å²) < 4.78 is 10.9. The van der Waals surface area contributed by atoms with Crippen LogP contribution in [-0.2, 0) is 9.47 Å². The molecule has 1 aliphatic heterocycles. The van der Waals surface area contributed by atoms with Crippen molar-refractivity contribution in [1.82, 2.24) is 4.90 Å². The van der Waals surface area contributed by atoms with Gasteiger partial charge < -0.3 is 9.47 Å². The third kappa shape index (κ3) is 3.95. The first kappa shape index (κ1) is 12.0. The predicted molar refractivity (Wildman–Crippen MR) is 57.6 cm³/mol. The molecule has 1 unspecified atom stereocenters. The van der Waals surface area contributed by atoms with Crippen LogP contribution in [0.5, 0.6) is 0 Å². The Morgan fingerprint density at radius 3 is 3.00 bits per heavy atom. The molecule has 0 radical (unpaired) electrons. The summed E-state index contributed by atoms with van der Waals surface area (Å²) in [5.41, 5.74) is 0. The summed E-state index contributed by atoms with van der Waals surface area (Å²) in [7, 11) is 0. The Kier molecular flexibility index (Phi) is 6.15. The lowest BCUT2D eigenvalue weighted by molar-refractivity contribution is -0.0221. The van der Waals surface area contributed by atoms with Gasteiger partial charge in [0.05, 0.1) is 19.8 Å². The zero-order valence-corrected chi connectivity index (χ0v) is 9.50. The zero-order chi connectivity index (χ0) is 10.2. The van der Waals surface area contributed by atoms with Crippen LogP contribution >= 0.6 is 0 Å². The molecule has 1 atom stereocenters. The quantitative estimate of drug-likeness (QED) is 0.608. The van der Waals surface area contributed by atoms with Crippen molar-refractivity contribution in [3.05, 3.63) is 0 Å². The lowest BCUT2D eigenvalue weighted by Gasteiger charge is -2.35. The van der Waals surface area contributed by atoms with Gasteiger partial charge in [-0.05, 0) is 13.3 Å². The Balaban J connectivity index is 2.22. The summed E-state index contributed by atoms with van der Waals surface area (Å²) in [6.07, 6.45) is 2.48. The van der Waals surface area contributed by atoms with Gasteiger partial charge in [-0.25, -0.2) is 0 Å². The fourth-order valence-electron chi connectivity index (χ4n) is 1.91. The molecule has 84 valence electrons. The standard InChI is InChI=1S/C11H23NO2/c1-3-5-11-10-14-9-7-12(11)6-8-13-4-2/h11H,3-10H2,1-2H3. The fraction of sp³-hybridized carbons (Fsp3) is 1.00. The second-order valence-electron chi connectivity index (χ2n) is 3.75. The smallest absolute Gasteiger partial charge is 0.0622 e. The summed E-state index contributed by atoms with van der Waals surface area (Å²) in [6.45, 7) is 9.86. The molecule has 0 bridgehead atoms. The molecule has 1 rings (SSSR count). The number of hydrogen-bond acceptors (Lipinski definition) is 3. The third-order valence-electron chi connectivity index (χ3n) is 2.70. The molecule has 0 saturated carbocycles. The molecule has 1 heterocycles. The SMILES string of the molecule is CCCC1COCCN1CCOCC. The van der Waals surface area contributed by atoms with E-state index in [0.29, 0.717) is 6.04 Å². The summed E-state index contributed by atoms with van der Waals surface area (Å²) in [6, 6.07) is 0.620. The highest BCUT2D eigenvalue weighted by molar-refractivity contribution is 4.74. The van der Waals surface area contributed by atoms with Crippen molar-refractivity contribution in [3.8, 4) is 0 Å². The normalized spacial score (nSPS) is 24.0. The van der Waals surface area contributed by atoms with E-state index < -0.39 is 0 Å². The molecule has 0 aromatic carbocycles. The summed E-state index contributed by atoms with van der Waals surface area (Å²) in [5, 5.41) is 0. The van der Waals surface area contributed by atoms with Crippen LogP contribution in [0.3, 0.4) is 0 Å². The molecule has 14 heavy (non-hydrogen) atoms. The Morgan fingerprint density at radius 1 is 1.43 bits per heavy atom. The van der Waals surface area contributed by atoms with E-state index in [1.165, 1.54) is 12.8 Å². The van der Waals surface area contributed by atoms with Gasteiger partial charge >= 0.3 is 0 Å². The fourth-order valence-corrected chi connectivity index (χ4v) is 1.91. The molecule has 0 aromatic heterocycles. The maximum absolute atomic E-state index is 5.49. The van der Waals surface area contributed by atoms with Crippen molar-refractivity contribution >= 4 is 0 Å². The molecule has 0 spiro atoms. The van der Waals surface area contributed by atoms with Crippen LogP contribution in [0.4, 0.5) is 0 Å². The van der Waals surface area contributed by atoms with Gasteiger partial charge in [0.15, 0.2) is 0 Å². The largest absolute Gasteiger partial charge is 0.380 e. The monoisotopic (exact) mass is 201 g/mol. The maximum Gasteiger partial charge on any atom is 0.0622 e. The van der Waals surface area contributed by atoms with Crippen molar-refractivity contribution < 1.29 is 9.47 Å². The Bertz CT molecular complexity index is 139. The average Bonchev–Trinajstić information content (AvgIpc) is 2.21. The lowest BCUT2D eigenvalue weighted by Crippen LogP contribution is -2.46. The van der Waals surface area contributed by atoms with E-state index in [2.05, 4.69) is 11.8 Å². The number of hydrogen-bond donors (Lipinski definition) is 0. The van der Waals surface area contributed by atoms with Gasteiger partial charge in [0.2, 0.25) is 0 Å². The van der Waals surface area contributed by atoms with Gasteiger partial charge in [-0.3, -0.25) is 4.90 Å². The number of ether oxygens (including phenoxy) is 2. The van der Waals surface area contributed by atoms with Crippen molar-refractivity contribution in [1.29, 1.82) is 0 Å². The summed E-state index contributed by atoms with van der Waals surface area (Å²) in [4.78, 5) is 2.50. The molecule has 0 aliphatic carbocycles. The van der Waals surface area contributed by atoms with E-state index in [1.54, 1.807) is 0 Å². The minimum atomic E-state index is 0.620. The van der Waals surface area contributed by atoms with Crippen molar-refractivity contribution in [3.63, 3.8) is 0 Å². The molecule has 1 saturated heterocycles. The van der Waals surface area contributed by atoms with E-state index >= 15 is 0 Å². The summed E-state index contributed by atoms with van der Waals surface area (Å²) in [5.74, 6) is 0. The highest BCUT2D eigenvalue weighted by Crippen LogP contribution is 2.11. The van der Waals surface area contributed by atoms with Gasteiger partial charge in [-0.1, -0.05) is 13.3 Å². The first-order valence-electron chi connectivity index (χ1n) is 5.78. The average molecular weight is 201 g/mol. The van der Waals surface area contributed by atoms with Crippen LogP contribution in [0.25, 0.3) is 0 Å². The second-order valence-corrected chi connectivity index (χ2v) is 3.75. The summed E-state index contributed by atoms with van der Waals surface area (Å²) >= 11 is 0.